The van der Waals surface area contributed by atoms with Crippen molar-refractivity contribution in [3.8, 4) is 11.3 Å². The first-order valence-corrected chi connectivity index (χ1v) is 8.90. The Balaban J connectivity index is 2.07. The van der Waals surface area contributed by atoms with Crippen molar-refractivity contribution >= 4 is 56.1 Å². The fourth-order valence-electron chi connectivity index (χ4n) is 2.34. The van der Waals surface area contributed by atoms with Gasteiger partial charge in [-0.2, -0.15) is 0 Å². The Hall–Kier alpha value is -1.38. The number of hydrogen-bond acceptors (Lipinski definition) is 2. The average Bonchev–Trinajstić information content (AvgIpc) is 2.91. The van der Waals surface area contributed by atoms with Crippen molar-refractivity contribution in [2.45, 2.75) is 0 Å². The first kappa shape index (κ1) is 15.5. The van der Waals surface area contributed by atoms with Crippen LogP contribution in [0.15, 0.2) is 65.1 Å². The molecule has 0 aliphatic rings. The third-order valence-electron chi connectivity index (χ3n) is 3.31. The van der Waals surface area contributed by atoms with Crippen LogP contribution in [0, 0.1) is 0 Å². The summed E-state index contributed by atoms with van der Waals surface area (Å²) in [6, 6.07) is 19.6. The van der Waals surface area contributed by atoms with Crippen molar-refractivity contribution in [2.24, 2.45) is 0 Å². The third kappa shape index (κ3) is 3.34. The minimum absolute atomic E-state index is 0.246. The fourth-order valence-corrected chi connectivity index (χ4v) is 4.01. The molecule has 0 amide bonds. The van der Waals surface area contributed by atoms with Crippen molar-refractivity contribution in [1.29, 1.82) is 0 Å². The second-order valence-electron chi connectivity index (χ2n) is 4.94. The molecule has 2 aromatic carbocycles. The topological polar surface area (TPSA) is 50.4 Å². The van der Waals surface area contributed by atoms with E-state index in [4.69, 9.17) is 4.42 Å². The van der Waals surface area contributed by atoms with Crippen LogP contribution in [0.2, 0.25) is 0 Å². The number of hydrogen-bond donors (Lipinski definition) is 1. The molecule has 3 nitrogen and oxygen atoms in total. The molecule has 22 heavy (non-hydrogen) atoms. The van der Waals surface area contributed by atoms with Crippen molar-refractivity contribution in [3.05, 3.63) is 66.2 Å². The van der Waals surface area contributed by atoms with Crippen molar-refractivity contribution < 1.29 is 14.3 Å². The zero-order valence-corrected chi connectivity index (χ0v) is 15.0. The van der Waals surface area contributed by atoms with Crippen molar-refractivity contribution in [1.82, 2.24) is 0 Å². The van der Waals surface area contributed by atoms with Gasteiger partial charge in [-0.1, -0.05) is 0 Å². The Labute approximate surface area is 147 Å². The monoisotopic (exact) mass is 318 g/mol. The zero-order chi connectivity index (χ0) is 15.5. The summed E-state index contributed by atoms with van der Waals surface area (Å²) in [5, 5.41) is 11.7. The van der Waals surface area contributed by atoms with Gasteiger partial charge in [0.2, 0.25) is 0 Å². The molecule has 0 fully saturated rings. The number of aromatic carboxylic acids is 1. The van der Waals surface area contributed by atoms with Crippen LogP contribution in [-0.4, -0.2) is 39.0 Å². The number of carbonyl (C=O) groups is 1. The molecule has 1 unspecified atom stereocenters. The summed E-state index contributed by atoms with van der Waals surface area (Å²) in [5.41, 5.74) is 1.11. The number of benzene rings is 2. The number of rotatable bonds is 4. The Kier molecular flexibility index (Phi) is 4.80. The van der Waals surface area contributed by atoms with Crippen LogP contribution in [0.3, 0.4) is 0 Å². The zero-order valence-electron chi connectivity index (χ0n) is 12.0. The van der Waals surface area contributed by atoms with Gasteiger partial charge in [-0.05, 0) is 0 Å². The molecule has 1 aromatic heterocycles. The maximum absolute atomic E-state index is 11.4. The molecule has 3 rings (SSSR count). The van der Waals surface area contributed by atoms with Gasteiger partial charge in [-0.3, -0.25) is 0 Å². The van der Waals surface area contributed by atoms with E-state index in [0.29, 0.717) is 42.3 Å². The van der Waals surface area contributed by atoms with Gasteiger partial charge < -0.3 is 0 Å². The van der Waals surface area contributed by atoms with Crippen LogP contribution in [0.25, 0.3) is 11.3 Å². The SMILES string of the molecule is O=C(O)c1c[c]([Na])oc1-c1ccccc1Pc1ccccc1. The van der Waals surface area contributed by atoms with Crippen LogP contribution in [0.4, 0.5) is 0 Å². The van der Waals surface area contributed by atoms with E-state index in [-0.39, 0.29) is 5.56 Å². The van der Waals surface area contributed by atoms with E-state index in [1.807, 2.05) is 42.5 Å². The summed E-state index contributed by atoms with van der Waals surface area (Å²) in [4.78, 5) is 11.4. The molecule has 0 saturated carbocycles. The predicted octanol–water partition coefficient (Wildman–Crippen LogP) is 2.07. The van der Waals surface area contributed by atoms with Crippen molar-refractivity contribution in [3.63, 3.8) is 0 Å². The molecule has 1 atom stereocenters. The Morgan fingerprint density at radius 2 is 1.73 bits per heavy atom. The molecule has 0 spiro atoms. The van der Waals surface area contributed by atoms with Crippen LogP contribution in [0.1, 0.15) is 10.4 Å². The second-order valence-corrected chi connectivity index (χ2v) is 7.29. The van der Waals surface area contributed by atoms with Gasteiger partial charge in [0.25, 0.3) is 0 Å². The molecule has 0 saturated heterocycles. The summed E-state index contributed by atoms with van der Waals surface area (Å²) in [6.45, 7) is 0. The molecule has 0 aliphatic heterocycles. The van der Waals surface area contributed by atoms with Gasteiger partial charge in [0.15, 0.2) is 0 Å². The summed E-state index contributed by atoms with van der Waals surface area (Å²) in [5.74, 6) is -0.477. The Morgan fingerprint density at radius 1 is 1.05 bits per heavy atom. The third-order valence-corrected chi connectivity index (χ3v) is 5.13. The van der Waals surface area contributed by atoms with Crippen molar-refractivity contribution in [2.75, 3.05) is 0 Å². The molecule has 1 heterocycles. The summed E-state index contributed by atoms with van der Waals surface area (Å²) in [7, 11) is 0.459. The molecular weight excluding hydrogens is 306 g/mol. The standard InChI is InChI=1S/C17H12O3P.Na/c18-17(19)14-10-11-20-16(14)13-8-4-5-9-15(13)21-12-6-2-1-3-7-12;/h1-10,21H,(H,18,19);. The fraction of sp³-hybridized carbons (Fsp3) is 0. The van der Waals surface area contributed by atoms with E-state index in [2.05, 4.69) is 12.1 Å². The molecule has 0 bridgehead atoms. The molecule has 104 valence electrons. The van der Waals surface area contributed by atoms with E-state index in [0.717, 1.165) is 13.9 Å². The van der Waals surface area contributed by atoms with E-state index in [1.54, 1.807) is 6.07 Å². The van der Waals surface area contributed by atoms with Gasteiger partial charge in [0.1, 0.15) is 0 Å². The first-order chi connectivity index (χ1) is 10.6. The molecule has 0 radical (unpaired) electrons. The summed E-state index contributed by atoms with van der Waals surface area (Å²) < 4.78 is 6.47. The van der Waals surface area contributed by atoms with Crippen LogP contribution in [-0.2, 0) is 0 Å². The predicted molar refractivity (Wildman–Crippen MR) is 90.5 cm³/mol. The van der Waals surface area contributed by atoms with Crippen LogP contribution < -0.4 is 13.6 Å². The normalized spacial score (nSPS) is 11.2. The van der Waals surface area contributed by atoms with E-state index < -0.39 is 5.97 Å². The number of carboxylic acid groups (broad SMARTS) is 1. The van der Waals surface area contributed by atoms with Gasteiger partial charge in [0, 0.05) is 0 Å². The molecule has 1 N–H and O–H groups in total. The number of carboxylic acids is 1. The molecule has 0 aliphatic carbocycles. The van der Waals surface area contributed by atoms with Crippen LogP contribution in [0.5, 0.6) is 0 Å². The van der Waals surface area contributed by atoms with Gasteiger partial charge in [0.05, 0.1) is 0 Å². The van der Waals surface area contributed by atoms with Gasteiger partial charge in [-0.15, -0.1) is 0 Å². The van der Waals surface area contributed by atoms with Gasteiger partial charge >= 0.3 is 148 Å². The summed E-state index contributed by atoms with van der Waals surface area (Å²) >= 11 is 0.688. The van der Waals surface area contributed by atoms with Gasteiger partial charge in [-0.25, -0.2) is 0 Å². The summed E-state index contributed by atoms with van der Waals surface area (Å²) in [6.07, 6.45) is 0. The van der Waals surface area contributed by atoms with E-state index in [1.165, 1.54) is 5.30 Å². The molecular formula is C17H12NaO3P. The van der Waals surface area contributed by atoms with E-state index in [9.17, 15) is 9.90 Å². The number of furan rings is 1. The molecule has 3 aromatic rings. The van der Waals surface area contributed by atoms with E-state index >= 15 is 0 Å². The molecule has 5 heteroatoms. The quantitative estimate of drug-likeness (QED) is 0.592. The maximum atomic E-state index is 11.4. The minimum atomic E-state index is -0.946. The first-order valence-electron chi connectivity index (χ1n) is 6.90. The second kappa shape index (κ2) is 6.80. The Morgan fingerprint density at radius 3 is 2.45 bits per heavy atom. The Bertz CT molecular complexity index is 812. The van der Waals surface area contributed by atoms with Crippen LogP contribution >= 0.6 is 8.58 Å². The average molecular weight is 318 g/mol.